The molecular formula is C9H10NO4. The number of hydrogen-bond acceptors (Lipinski definition) is 4. The number of carbonyl (C=O) groups excluding carboxylic acids is 1. The topological polar surface area (TPSA) is 80.9 Å². The van der Waals surface area contributed by atoms with E-state index in [1.807, 2.05) is 0 Å². The van der Waals surface area contributed by atoms with Gasteiger partial charge in [0.1, 0.15) is 0 Å². The van der Waals surface area contributed by atoms with Crippen LogP contribution in [-0.4, -0.2) is 16.1 Å². The van der Waals surface area contributed by atoms with Gasteiger partial charge in [0.25, 0.3) is 5.91 Å². The van der Waals surface area contributed by atoms with E-state index in [9.17, 15) is 15.0 Å². The van der Waals surface area contributed by atoms with Gasteiger partial charge in [0.05, 0.1) is 0 Å². The summed E-state index contributed by atoms with van der Waals surface area (Å²) in [4.78, 5) is 15.3. The molecule has 0 aliphatic rings. The monoisotopic (exact) mass is 196 g/mol. The molecule has 0 aliphatic carbocycles. The first-order valence-electron chi connectivity index (χ1n) is 4.07. The second-order valence-electron chi connectivity index (χ2n) is 2.56. The van der Waals surface area contributed by atoms with Crippen molar-refractivity contribution in [3.05, 3.63) is 18.2 Å². The summed E-state index contributed by atoms with van der Waals surface area (Å²) in [5, 5.41) is 18.4. The third-order valence-electron chi connectivity index (χ3n) is 1.51. The number of aromatic hydroxyl groups is 2. The molecule has 1 radical (unpaired) electrons. The molecule has 14 heavy (non-hydrogen) atoms. The summed E-state index contributed by atoms with van der Waals surface area (Å²) in [6.45, 7) is 1.62. The van der Waals surface area contributed by atoms with E-state index < -0.39 is 5.91 Å². The lowest BCUT2D eigenvalue weighted by atomic mass is 10.3. The third kappa shape index (κ3) is 2.29. The maximum absolute atomic E-state index is 10.8. The number of carbonyl (C=O) groups is 1. The highest BCUT2D eigenvalue weighted by Gasteiger charge is 2.11. The quantitative estimate of drug-likeness (QED) is 0.705. The highest BCUT2D eigenvalue weighted by molar-refractivity contribution is 5.74. The van der Waals surface area contributed by atoms with Gasteiger partial charge in [-0.1, -0.05) is 13.0 Å². The zero-order chi connectivity index (χ0) is 10.6. The molecule has 0 heterocycles. The van der Waals surface area contributed by atoms with Gasteiger partial charge in [0, 0.05) is 6.42 Å². The predicted octanol–water partition coefficient (Wildman–Crippen LogP) is 0.933. The second-order valence-corrected chi connectivity index (χ2v) is 2.56. The second kappa shape index (κ2) is 4.36. The van der Waals surface area contributed by atoms with Crippen molar-refractivity contribution in [2.75, 3.05) is 0 Å². The van der Waals surface area contributed by atoms with Crippen LogP contribution in [0.1, 0.15) is 13.3 Å². The average molecular weight is 196 g/mol. The van der Waals surface area contributed by atoms with E-state index in [2.05, 4.69) is 10.3 Å². The smallest absolute Gasteiger partial charge is 0.281 e. The van der Waals surface area contributed by atoms with Gasteiger partial charge in [-0.25, -0.2) is 0 Å². The molecule has 1 amide bonds. The first-order chi connectivity index (χ1) is 6.65. The first kappa shape index (κ1) is 10.2. The Kier molecular flexibility index (Phi) is 3.17. The maximum atomic E-state index is 10.8. The number of nitrogens with zero attached hydrogens (tertiary/aromatic N) is 1. The SMILES string of the molecule is CCC(=O)[N]Oc1c(O)cccc1O. The number of phenols is 2. The number of phenolic OH excluding ortho intramolecular Hbond substituents is 2. The van der Waals surface area contributed by atoms with E-state index in [1.54, 1.807) is 6.92 Å². The molecule has 0 aromatic heterocycles. The third-order valence-corrected chi connectivity index (χ3v) is 1.51. The van der Waals surface area contributed by atoms with Gasteiger partial charge in [0.15, 0.2) is 11.5 Å². The largest absolute Gasteiger partial charge is 0.504 e. The van der Waals surface area contributed by atoms with Crippen molar-refractivity contribution < 1.29 is 19.8 Å². The molecule has 0 unspecified atom stereocenters. The summed E-state index contributed by atoms with van der Waals surface area (Å²) in [6, 6.07) is 4.08. The predicted molar refractivity (Wildman–Crippen MR) is 47.8 cm³/mol. The van der Waals surface area contributed by atoms with Crippen LogP contribution < -0.4 is 10.3 Å². The molecule has 2 N–H and O–H groups in total. The van der Waals surface area contributed by atoms with Crippen molar-refractivity contribution >= 4 is 5.91 Å². The lowest BCUT2D eigenvalue weighted by molar-refractivity contribution is -0.128. The Hall–Kier alpha value is -1.91. The molecule has 0 aliphatic heterocycles. The highest BCUT2D eigenvalue weighted by atomic mass is 16.7. The number of benzene rings is 1. The number of rotatable bonds is 3. The Labute approximate surface area is 80.9 Å². The normalized spacial score (nSPS) is 9.50. The number of para-hydroxylation sites is 1. The Bertz CT molecular complexity index is 317. The van der Waals surface area contributed by atoms with Crippen LogP contribution in [0.15, 0.2) is 18.2 Å². The van der Waals surface area contributed by atoms with Gasteiger partial charge in [-0.05, 0) is 17.6 Å². The van der Waals surface area contributed by atoms with Gasteiger partial charge in [-0.15, -0.1) is 0 Å². The zero-order valence-electron chi connectivity index (χ0n) is 7.60. The van der Waals surface area contributed by atoms with E-state index >= 15 is 0 Å². The number of hydroxylamine groups is 1. The summed E-state index contributed by atoms with van der Waals surface area (Å²) < 4.78 is 0. The molecule has 1 rings (SSSR count). The molecule has 5 nitrogen and oxygen atoms in total. The van der Waals surface area contributed by atoms with Crippen molar-refractivity contribution in [3.8, 4) is 17.2 Å². The molecule has 1 aromatic rings. The van der Waals surface area contributed by atoms with Gasteiger partial charge < -0.3 is 15.1 Å². The highest BCUT2D eigenvalue weighted by Crippen LogP contribution is 2.34. The van der Waals surface area contributed by atoms with E-state index in [1.165, 1.54) is 18.2 Å². The van der Waals surface area contributed by atoms with Crippen molar-refractivity contribution in [2.45, 2.75) is 13.3 Å². The van der Waals surface area contributed by atoms with E-state index in [0.717, 1.165) is 0 Å². The van der Waals surface area contributed by atoms with Crippen LogP contribution in [0.25, 0.3) is 0 Å². The van der Waals surface area contributed by atoms with E-state index in [4.69, 9.17) is 0 Å². The van der Waals surface area contributed by atoms with Gasteiger partial charge >= 0.3 is 0 Å². The van der Waals surface area contributed by atoms with Crippen LogP contribution >= 0.6 is 0 Å². The number of amides is 1. The fourth-order valence-corrected chi connectivity index (χ4v) is 0.768. The van der Waals surface area contributed by atoms with Crippen molar-refractivity contribution in [2.24, 2.45) is 0 Å². The van der Waals surface area contributed by atoms with Crippen LogP contribution in [0.3, 0.4) is 0 Å². The standard InChI is InChI=1S/C9H10NO4/c1-2-8(13)10-14-9-6(11)4-3-5-7(9)12/h3-5,11-12H,2H2,1H3. The van der Waals surface area contributed by atoms with Crippen molar-refractivity contribution in [1.82, 2.24) is 5.48 Å². The van der Waals surface area contributed by atoms with Crippen molar-refractivity contribution in [1.29, 1.82) is 0 Å². The molecule has 0 fully saturated rings. The summed E-state index contributed by atoms with van der Waals surface area (Å²) in [5.74, 6) is -1.21. The summed E-state index contributed by atoms with van der Waals surface area (Å²) in [6.07, 6.45) is 0.203. The minimum absolute atomic E-state index is 0.203. The molecule has 1 aromatic carbocycles. The van der Waals surface area contributed by atoms with Crippen LogP contribution in [0.2, 0.25) is 0 Å². The Morgan fingerprint density at radius 3 is 2.50 bits per heavy atom. The molecule has 0 atom stereocenters. The average Bonchev–Trinajstić information content (AvgIpc) is 2.16. The Morgan fingerprint density at radius 2 is 2.00 bits per heavy atom. The summed E-state index contributed by atoms with van der Waals surface area (Å²) in [5.41, 5.74) is 3.18. The van der Waals surface area contributed by atoms with Gasteiger partial charge in [-0.2, -0.15) is 0 Å². The van der Waals surface area contributed by atoms with E-state index in [-0.39, 0.29) is 23.7 Å². The molecule has 0 saturated heterocycles. The fraction of sp³-hybridized carbons (Fsp3) is 0.222. The van der Waals surface area contributed by atoms with Gasteiger partial charge in [0.2, 0.25) is 5.75 Å². The molecular weight excluding hydrogens is 186 g/mol. The summed E-state index contributed by atoms with van der Waals surface area (Å²) >= 11 is 0. The minimum atomic E-state index is -0.465. The molecule has 0 saturated carbocycles. The molecule has 75 valence electrons. The summed E-state index contributed by atoms with van der Waals surface area (Å²) in [7, 11) is 0. The Morgan fingerprint density at radius 1 is 1.43 bits per heavy atom. The van der Waals surface area contributed by atoms with Gasteiger partial charge in [-0.3, -0.25) is 4.79 Å². The van der Waals surface area contributed by atoms with Crippen LogP contribution in [0.5, 0.6) is 17.2 Å². The van der Waals surface area contributed by atoms with E-state index in [0.29, 0.717) is 0 Å². The van der Waals surface area contributed by atoms with Crippen LogP contribution in [0.4, 0.5) is 0 Å². The molecule has 0 spiro atoms. The Balaban J connectivity index is 2.71. The lowest BCUT2D eigenvalue weighted by Gasteiger charge is -2.05. The number of hydrogen-bond donors (Lipinski definition) is 2. The van der Waals surface area contributed by atoms with Crippen LogP contribution in [-0.2, 0) is 4.79 Å². The molecule has 5 heteroatoms. The fourth-order valence-electron chi connectivity index (χ4n) is 0.768. The first-order valence-corrected chi connectivity index (χ1v) is 4.07. The molecule has 0 bridgehead atoms. The zero-order valence-corrected chi connectivity index (χ0v) is 7.60. The van der Waals surface area contributed by atoms with Crippen molar-refractivity contribution in [3.63, 3.8) is 0 Å². The lowest BCUT2D eigenvalue weighted by Crippen LogP contribution is -2.17. The van der Waals surface area contributed by atoms with Crippen LogP contribution in [0, 0.1) is 0 Å². The minimum Gasteiger partial charge on any atom is -0.504 e. The maximum Gasteiger partial charge on any atom is 0.281 e.